The second-order valence-corrected chi connectivity index (χ2v) is 8.59. The van der Waals surface area contributed by atoms with Gasteiger partial charge >= 0.3 is 12.1 Å². The van der Waals surface area contributed by atoms with Crippen molar-refractivity contribution in [1.29, 1.82) is 0 Å². The van der Waals surface area contributed by atoms with Crippen LogP contribution >= 0.6 is 11.3 Å². The number of rotatable bonds is 3. The summed E-state index contributed by atoms with van der Waals surface area (Å²) in [5.41, 5.74) is 0.275. The van der Waals surface area contributed by atoms with Gasteiger partial charge in [0, 0.05) is 31.6 Å². The molecule has 2 aliphatic rings. The molecule has 2 aromatic heterocycles. The van der Waals surface area contributed by atoms with Crippen LogP contribution in [0.3, 0.4) is 0 Å². The van der Waals surface area contributed by atoms with E-state index in [4.69, 9.17) is 9.90 Å². The molecule has 0 radical (unpaired) electrons. The van der Waals surface area contributed by atoms with Gasteiger partial charge in [0.25, 0.3) is 5.91 Å². The van der Waals surface area contributed by atoms with Crippen molar-refractivity contribution in [3.05, 3.63) is 28.2 Å². The Kier molecular flexibility index (Phi) is 6.94. The number of hydrogen-bond donors (Lipinski definition) is 2. The smallest absolute Gasteiger partial charge is 0.475 e. The average molecular weight is 460 g/mol. The molecule has 0 bridgehead atoms. The van der Waals surface area contributed by atoms with Crippen LogP contribution in [0.1, 0.15) is 40.7 Å². The van der Waals surface area contributed by atoms with Crippen LogP contribution in [0.25, 0.3) is 0 Å². The van der Waals surface area contributed by atoms with E-state index in [0.717, 1.165) is 57.7 Å². The number of nitrogens with one attached hydrogen (secondary N) is 1. The van der Waals surface area contributed by atoms with E-state index in [0.29, 0.717) is 5.82 Å². The largest absolute Gasteiger partial charge is 0.490 e. The lowest BCUT2D eigenvalue weighted by Gasteiger charge is -2.44. The quantitative estimate of drug-likeness (QED) is 0.720. The molecule has 1 saturated heterocycles. The van der Waals surface area contributed by atoms with E-state index >= 15 is 0 Å². The molecular formula is C18H23F3N6O3S. The highest BCUT2D eigenvalue weighted by molar-refractivity contribution is 7.09. The molecular weight excluding hydrogens is 437 g/mol. The van der Waals surface area contributed by atoms with Gasteiger partial charge in [-0.25, -0.2) is 9.78 Å². The highest BCUT2D eigenvalue weighted by Gasteiger charge is 2.40. The van der Waals surface area contributed by atoms with Gasteiger partial charge in [0.2, 0.25) is 5.82 Å². The third-order valence-electron chi connectivity index (χ3n) is 5.63. The Morgan fingerprint density at radius 1 is 1.26 bits per heavy atom. The van der Waals surface area contributed by atoms with Crippen LogP contribution in [0.2, 0.25) is 0 Å². The zero-order valence-electron chi connectivity index (χ0n) is 16.9. The average Bonchev–Trinajstić information content (AvgIpc) is 3.38. The van der Waals surface area contributed by atoms with Crippen molar-refractivity contribution < 1.29 is 27.9 Å². The second-order valence-electron chi connectivity index (χ2n) is 7.61. The van der Waals surface area contributed by atoms with E-state index in [1.165, 1.54) is 5.01 Å². The number of likely N-dealkylation sites (tertiary alicyclic amines) is 1. The number of fused-ring (bicyclic) bond motifs is 1. The zero-order valence-corrected chi connectivity index (χ0v) is 17.7. The Labute approximate surface area is 180 Å². The first-order valence-electron chi connectivity index (χ1n) is 9.68. The van der Waals surface area contributed by atoms with Gasteiger partial charge in [0.15, 0.2) is 0 Å². The third-order valence-corrected chi connectivity index (χ3v) is 6.40. The maximum Gasteiger partial charge on any atom is 0.490 e. The number of piperidine rings is 1. The molecule has 0 unspecified atom stereocenters. The van der Waals surface area contributed by atoms with E-state index in [1.54, 1.807) is 18.4 Å². The number of carboxylic acids is 1. The van der Waals surface area contributed by atoms with Crippen molar-refractivity contribution in [2.75, 3.05) is 20.1 Å². The first-order chi connectivity index (χ1) is 14.6. The van der Waals surface area contributed by atoms with Crippen molar-refractivity contribution in [2.24, 2.45) is 5.41 Å². The number of aryl methyl sites for hydroxylation is 1. The Balaban J connectivity index is 0.000000339. The van der Waals surface area contributed by atoms with Gasteiger partial charge in [0.1, 0.15) is 10.8 Å². The molecule has 170 valence electrons. The minimum atomic E-state index is -5.08. The summed E-state index contributed by atoms with van der Waals surface area (Å²) in [6.07, 6.45) is 1.16. The number of nitrogens with zero attached hydrogens (tertiary/aromatic N) is 5. The normalized spacial score (nSPS) is 18.1. The molecule has 2 aliphatic heterocycles. The van der Waals surface area contributed by atoms with Crippen LogP contribution < -0.4 is 5.32 Å². The van der Waals surface area contributed by atoms with Crippen LogP contribution in [0.4, 0.5) is 13.2 Å². The molecule has 2 N–H and O–H groups in total. The van der Waals surface area contributed by atoms with Crippen LogP contribution in [0, 0.1) is 5.41 Å². The van der Waals surface area contributed by atoms with E-state index in [2.05, 4.69) is 25.4 Å². The molecule has 4 heterocycles. The number of hydrogen-bond acceptors (Lipinski definition) is 7. The van der Waals surface area contributed by atoms with Gasteiger partial charge in [-0.2, -0.15) is 13.2 Å². The van der Waals surface area contributed by atoms with E-state index in [-0.39, 0.29) is 11.3 Å². The summed E-state index contributed by atoms with van der Waals surface area (Å²) in [4.78, 5) is 27.8. The maximum absolute atomic E-state index is 12.0. The van der Waals surface area contributed by atoms with Crippen molar-refractivity contribution in [2.45, 2.75) is 44.9 Å². The summed E-state index contributed by atoms with van der Waals surface area (Å²) >= 11 is 1.73. The Morgan fingerprint density at radius 2 is 1.94 bits per heavy atom. The predicted molar refractivity (Wildman–Crippen MR) is 104 cm³/mol. The van der Waals surface area contributed by atoms with Gasteiger partial charge in [-0.1, -0.05) is 0 Å². The summed E-state index contributed by atoms with van der Waals surface area (Å²) in [6, 6.07) is 0. The molecule has 4 rings (SSSR count). The maximum atomic E-state index is 12.0. The Morgan fingerprint density at radius 3 is 2.48 bits per heavy atom. The highest BCUT2D eigenvalue weighted by Crippen LogP contribution is 2.41. The number of thiazole rings is 1. The zero-order chi connectivity index (χ0) is 22.6. The van der Waals surface area contributed by atoms with Crippen molar-refractivity contribution >= 4 is 23.2 Å². The topological polar surface area (TPSA) is 113 Å². The number of aliphatic carboxylic acids is 1. The molecule has 0 aromatic carbocycles. The van der Waals surface area contributed by atoms with Crippen LogP contribution in [-0.4, -0.2) is 67.9 Å². The molecule has 2 aromatic rings. The summed E-state index contributed by atoms with van der Waals surface area (Å²) < 4.78 is 33.8. The van der Waals surface area contributed by atoms with Gasteiger partial charge in [-0.3, -0.25) is 9.69 Å². The SMILES string of the molecule is CNC(=O)c1nnc2n1CC1(CC2)CCN(Cc2nccs2)CC1.O=C(O)C(F)(F)F. The van der Waals surface area contributed by atoms with Crippen LogP contribution in [0.5, 0.6) is 0 Å². The predicted octanol–water partition coefficient (Wildman–Crippen LogP) is 1.96. The molecule has 9 nitrogen and oxygen atoms in total. The van der Waals surface area contributed by atoms with Gasteiger partial charge in [0.05, 0.1) is 6.54 Å². The number of alkyl halides is 3. The third kappa shape index (κ3) is 5.58. The lowest BCUT2D eigenvalue weighted by Crippen LogP contribution is -2.44. The number of carboxylic acid groups (broad SMARTS) is 1. The number of carbonyl (C=O) groups is 2. The van der Waals surface area contributed by atoms with Crippen LogP contribution in [0.15, 0.2) is 11.6 Å². The molecule has 0 aliphatic carbocycles. The van der Waals surface area contributed by atoms with Crippen LogP contribution in [-0.2, 0) is 24.3 Å². The Hall–Kier alpha value is -2.54. The number of carbonyl (C=O) groups excluding carboxylic acids is 1. The fourth-order valence-corrected chi connectivity index (χ4v) is 4.53. The van der Waals surface area contributed by atoms with E-state index in [1.807, 2.05) is 16.1 Å². The van der Waals surface area contributed by atoms with Gasteiger partial charge in [-0.15, -0.1) is 21.5 Å². The molecule has 1 amide bonds. The Bertz CT molecular complexity index is 907. The number of amides is 1. The fourth-order valence-electron chi connectivity index (χ4n) is 3.87. The fraction of sp³-hybridized carbons (Fsp3) is 0.611. The molecule has 1 fully saturated rings. The number of halogens is 3. The minimum absolute atomic E-state index is 0.146. The standard InChI is InChI=1S/C16H22N6OS.C2HF3O2/c1-17-15(23)14-20-19-12-2-3-16(11-22(12)14)4-7-21(8-5-16)10-13-18-6-9-24-13;3-2(4,5)1(6)7/h6,9H,2-5,7-8,10-11H2,1H3,(H,17,23);(H,6,7). The highest BCUT2D eigenvalue weighted by atomic mass is 32.1. The summed E-state index contributed by atoms with van der Waals surface area (Å²) in [7, 11) is 1.64. The van der Waals surface area contributed by atoms with Crippen molar-refractivity contribution in [3.8, 4) is 0 Å². The molecule has 0 atom stereocenters. The molecule has 31 heavy (non-hydrogen) atoms. The summed E-state index contributed by atoms with van der Waals surface area (Å²) in [5.74, 6) is -1.50. The molecule has 13 heteroatoms. The van der Waals surface area contributed by atoms with E-state index < -0.39 is 12.1 Å². The lowest BCUT2D eigenvalue weighted by atomic mass is 9.73. The van der Waals surface area contributed by atoms with Gasteiger partial charge in [-0.05, 0) is 37.8 Å². The molecule has 1 spiro atoms. The monoisotopic (exact) mass is 460 g/mol. The first kappa shape index (κ1) is 23.1. The second kappa shape index (κ2) is 9.30. The lowest BCUT2D eigenvalue weighted by molar-refractivity contribution is -0.192. The number of aromatic nitrogens is 4. The van der Waals surface area contributed by atoms with Gasteiger partial charge < -0.3 is 15.0 Å². The summed E-state index contributed by atoms with van der Waals surface area (Å²) in [5, 5.41) is 21.3. The van der Waals surface area contributed by atoms with Crippen molar-refractivity contribution in [1.82, 2.24) is 30.0 Å². The van der Waals surface area contributed by atoms with Crippen molar-refractivity contribution in [3.63, 3.8) is 0 Å². The summed E-state index contributed by atoms with van der Waals surface area (Å²) in [6.45, 7) is 4.00. The minimum Gasteiger partial charge on any atom is -0.475 e. The first-order valence-corrected chi connectivity index (χ1v) is 10.6. The molecule has 0 saturated carbocycles. The van der Waals surface area contributed by atoms with E-state index in [9.17, 15) is 18.0 Å².